The van der Waals surface area contributed by atoms with Crippen LogP contribution < -0.4 is 16.0 Å². The average molecular weight is 456 g/mol. The van der Waals surface area contributed by atoms with Crippen LogP contribution >= 0.6 is 11.3 Å². The maximum absolute atomic E-state index is 13.3. The molecule has 1 aliphatic rings. The van der Waals surface area contributed by atoms with E-state index in [0.29, 0.717) is 19.4 Å². The van der Waals surface area contributed by atoms with Crippen molar-refractivity contribution in [3.8, 4) is 0 Å². The lowest BCUT2D eigenvalue weighted by atomic mass is 9.98. The van der Waals surface area contributed by atoms with Crippen LogP contribution in [0.2, 0.25) is 0 Å². The molecule has 3 heterocycles. The number of nitrogens with zero attached hydrogens (tertiary/aromatic N) is 2. The minimum absolute atomic E-state index is 0.00268. The monoisotopic (exact) mass is 456 g/mol. The molecule has 3 rings (SSSR count). The molecule has 2 aromatic rings. The Morgan fingerprint density at radius 3 is 2.81 bits per heavy atom. The second-order valence-corrected chi connectivity index (χ2v) is 7.76. The first kappa shape index (κ1) is 22.5. The standard InChI is InChI=1S/C19H19F3N4O4S/c20-19(21,22)13-4-1-6-24-16(13)26-7-2-3-11(9-26)18(29)30-10-14(27)25-17-12(15(23)28)5-8-31-17/h1,4-6,8,11H,2-3,7,9-10H2,(H2,23,28)(H,25,27). The van der Waals surface area contributed by atoms with E-state index in [1.54, 1.807) is 5.38 Å². The fraction of sp³-hybridized carbons (Fsp3) is 0.368. The highest BCUT2D eigenvalue weighted by atomic mass is 32.1. The van der Waals surface area contributed by atoms with Crippen LogP contribution in [0.3, 0.4) is 0 Å². The van der Waals surface area contributed by atoms with E-state index in [1.165, 1.54) is 23.2 Å². The number of esters is 1. The first-order valence-corrected chi connectivity index (χ1v) is 10.2. The highest BCUT2D eigenvalue weighted by Crippen LogP contribution is 2.36. The van der Waals surface area contributed by atoms with Gasteiger partial charge in [-0.3, -0.25) is 14.4 Å². The number of hydrogen-bond donors (Lipinski definition) is 2. The van der Waals surface area contributed by atoms with Crippen LogP contribution in [0.15, 0.2) is 29.8 Å². The first-order valence-electron chi connectivity index (χ1n) is 9.27. The zero-order valence-electron chi connectivity index (χ0n) is 16.1. The smallest absolute Gasteiger partial charge is 0.419 e. The molecule has 0 aromatic carbocycles. The van der Waals surface area contributed by atoms with Gasteiger partial charge in [-0.25, -0.2) is 4.98 Å². The molecule has 0 bridgehead atoms. The van der Waals surface area contributed by atoms with Gasteiger partial charge >= 0.3 is 12.1 Å². The van der Waals surface area contributed by atoms with E-state index in [4.69, 9.17) is 10.5 Å². The summed E-state index contributed by atoms with van der Waals surface area (Å²) >= 11 is 1.09. The van der Waals surface area contributed by atoms with E-state index in [-0.39, 0.29) is 22.9 Å². The summed E-state index contributed by atoms with van der Waals surface area (Å²) in [6, 6.07) is 3.61. The second-order valence-electron chi connectivity index (χ2n) is 6.84. The summed E-state index contributed by atoms with van der Waals surface area (Å²) in [5.74, 6) is -2.99. The third-order valence-electron chi connectivity index (χ3n) is 4.68. The van der Waals surface area contributed by atoms with Gasteiger partial charge in [-0.05, 0) is 36.4 Å². The molecule has 8 nitrogen and oxygen atoms in total. The number of carbonyl (C=O) groups is 3. The SMILES string of the molecule is NC(=O)c1ccsc1NC(=O)COC(=O)C1CCCN(c2ncccc2C(F)(F)F)C1. The molecule has 0 spiro atoms. The highest BCUT2D eigenvalue weighted by Gasteiger charge is 2.37. The van der Waals surface area contributed by atoms with Crippen LogP contribution in [0.1, 0.15) is 28.8 Å². The van der Waals surface area contributed by atoms with E-state index >= 15 is 0 Å². The zero-order chi connectivity index (χ0) is 22.6. The number of pyridine rings is 1. The van der Waals surface area contributed by atoms with Crippen LogP contribution in [0.4, 0.5) is 24.0 Å². The molecular formula is C19H19F3N4O4S. The van der Waals surface area contributed by atoms with Crippen molar-refractivity contribution in [2.45, 2.75) is 19.0 Å². The second kappa shape index (κ2) is 9.33. The summed E-state index contributed by atoms with van der Waals surface area (Å²) in [7, 11) is 0. The number of nitrogens with one attached hydrogen (secondary N) is 1. The van der Waals surface area contributed by atoms with Gasteiger partial charge in [-0.2, -0.15) is 13.2 Å². The minimum Gasteiger partial charge on any atom is -0.455 e. The lowest BCUT2D eigenvalue weighted by molar-refractivity contribution is -0.151. The quantitative estimate of drug-likeness (QED) is 0.646. The topological polar surface area (TPSA) is 115 Å². The van der Waals surface area contributed by atoms with Crippen molar-refractivity contribution < 1.29 is 32.3 Å². The minimum atomic E-state index is -4.57. The number of halogens is 3. The summed E-state index contributed by atoms with van der Waals surface area (Å²) in [5, 5.41) is 4.26. The van der Waals surface area contributed by atoms with Gasteiger partial charge in [0.15, 0.2) is 6.61 Å². The maximum atomic E-state index is 13.3. The Hall–Kier alpha value is -3.15. The molecule has 0 saturated carbocycles. The Balaban J connectivity index is 1.59. The number of piperidine rings is 1. The van der Waals surface area contributed by atoms with E-state index in [2.05, 4.69) is 10.3 Å². The number of alkyl halides is 3. The average Bonchev–Trinajstić information content (AvgIpc) is 3.20. The molecule has 166 valence electrons. The summed E-state index contributed by atoms with van der Waals surface area (Å²) in [6.07, 6.45) is -2.42. The number of thiophene rings is 1. The predicted molar refractivity (Wildman–Crippen MR) is 107 cm³/mol. The predicted octanol–water partition coefficient (Wildman–Crippen LogP) is 2.66. The van der Waals surface area contributed by atoms with Crippen molar-refractivity contribution in [1.29, 1.82) is 0 Å². The normalized spacial score (nSPS) is 16.6. The van der Waals surface area contributed by atoms with E-state index in [1.807, 2.05) is 0 Å². The van der Waals surface area contributed by atoms with Gasteiger partial charge in [0.05, 0.1) is 17.0 Å². The molecule has 0 aliphatic carbocycles. The lowest BCUT2D eigenvalue weighted by Gasteiger charge is -2.33. The summed E-state index contributed by atoms with van der Waals surface area (Å²) < 4.78 is 44.9. The third kappa shape index (κ3) is 5.51. The molecule has 2 amide bonds. The van der Waals surface area contributed by atoms with Gasteiger partial charge in [0.1, 0.15) is 10.8 Å². The molecule has 1 unspecified atom stereocenters. The van der Waals surface area contributed by atoms with Crippen molar-refractivity contribution in [1.82, 2.24) is 4.98 Å². The molecule has 1 fully saturated rings. The van der Waals surface area contributed by atoms with Crippen molar-refractivity contribution in [2.24, 2.45) is 11.7 Å². The van der Waals surface area contributed by atoms with Crippen molar-refractivity contribution in [2.75, 3.05) is 29.9 Å². The van der Waals surface area contributed by atoms with Gasteiger partial charge in [-0.1, -0.05) is 0 Å². The Morgan fingerprint density at radius 1 is 1.32 bits per heavy atom. The fourth-order valence-corrected chi connectivity index (χ4v) is 4.06. The largest absolute Gasteiger partial charge is 0.455 e. The molecule has 12 heteroatoms. The first-order chi connectivity index (χ1) is 14.7. The molecule has 1 aliphatic heterocycles. The van der Waals surface area contributed by atoms with Crippen molar-refractivity contribution in [3.63, 3.8) is 0 Å². The van der Waals surface area contributed by atoms with Crippen molar-refractivity contribution in [3.05, 3.63) is 40.9 Å². The zero-order valence-corrected chi connectivity index (χ0v) is 17.0. The van der Waals surface area contributed by atoms with Crippen LogP contribution in [0, 0.1) is 5.92 Å². The number of anilines is 2. The van der Waals surface area contributed by atoms with Gasteiger partial charge in [0.25, 0.3) is 11.8 Å². The maximum Gasteiger partial charge on any atom is 0.419 e. The molecule has 31 heavy (non-hydrogen) atoms. The van der Waals surface area contributed by atoms with E-state index in [0.717, 1.165) is 17.4 Å². The number of hydrogen-bond acceptors (Lipinski definition) is 7. The third-order valence-corrected chi connectivity index (χ3v) is 5.51. The van der Waals surface area contributed by atoms with Gasteiger partial charge < -0.3 is 20.7 Å². The Kier molecular flexibility index (Phi) is 6.78. The van der Waals surface area contributed by atoms with Crippen molar-refractivity contribution >= 4 is 39.9 Å². The number of ether oxygens (including phenoxy) is 1. The van der Waals surface area contributed by atoms with Gasteiger partial charge in [-0.15, -0.1) is 11.3 Å². The Morgan fingerprint density at radius 2 is 2.10 bits per heavy atom. The molecule has 1 saturated heterocycles. The van der Waals surface area contributed by atoms with E-state index < -0.39 is 42.0 Å². The molecular weight excluding hydrogens is 437 g/mol. The number of nitrogens with two attached hydrogens (primary N) is 1. The van der Waals surface area contributed by atoms with E-state index in [9.17, 15) is 27.6 Å². The number of rotatable bonds is 6. The molecule has 1 atom stereocenters. The fourth-order valence-electron chi connectivity index (χ4n) is 3.25. The van der Waals surface area contributed by atoms with Crippen LogP contribution in [-0.2, 0) is 20.5 Å². The van der Waals surface area contributed by atoms with Gasteiger partial charge in [0.2, 0.25) is 0 Å². The van der Waals surface area contributed by atoms with Crippen LogP contribution in [0.5, 0.6) is 0 Å². The number of primary amides is 1. The molecule has 0 radical (unpaired) electrons. The Labute approximate surface area is 179 Å². The summed E-state index contributed by atoms with van der Waals surface area (Å²) in [5.41, 5.74) is 4.48. The number of aromatic nitrogens is 1. The van der Waals surface area contributed by atoms with Gasteiger partial charge in [0, 0.05) is 19.3 Å². The highest BCUT2D eigenvalue weighted by molar-refractivity contribution is 7.14. The molecule has 2 aromatic heterocycles. The lowest BCUT2D eigenvalue weighted by Crippen LogP contribution is -2.41. The van der Waals surface area contributed by atoms with Crippen LogP contribution in [0.25, 0.3) is 0 Å². The number of amides is 2. The summed E-state index contributed by atoms with van der Waals surface area (Å²) in [4.78, 5) is 41.0. The Bertz CT molecular complexity index is 979. The molecule has 3 N–H and O–H groups in total. The van der Waals surface area contributed by atoms with Crippen LogP contribution in [-0.4, -0.2) is 42.5 Å². The summed E-state index contributed by atoms with van der Waals surface area (Å²) in [6.45, 7) is -0.279. The number of carbonyl (C=O) groups excluding carboxylic acids is 3.